The first-order chi connectivity index (χ1) is 10.7. The van der Waals surface area contributed by atoms with Crippen LogP contribution >= 0.6 is 11.8 Å². The van der Waals surface area contributed by atoms with Gasteiger partial charge in [-0.3, -0.25) is 4.79 Å². The summed E-state index contributed by atoms with van der Waals surface area (Å²) in [5, 5.41) is 11.0. The molecule has 1 N–H and O–H groups in total. The monoisotopic (exact) mass is 313 g/mol. The maximum atomic E-state index is 12.0. The van der Waals surface area contributed by atoms with Crippen molar-refractivity contribution >= 4 is 29.1 Å². The highest BCUT2D eigenvalue weighted by molar-refractivity contribution is 8.15. The zero-order valence-corrected chi connectivity index (χ0v) is 12.8. The number of benzene rings is 1. The second-order valence-corrected chi connectivity index (χ2v) is 6.08. The lowest BCUT2D eigenvalue weighted by molar-refractivity contribution is -0.118. The highest BCUT2D eigenvalue weighted by Gasteiger charge is 2.30. The SMILES string of the molecule is Cc1ccccc1C[C@H]1S/C(=N/N=C\c2ccco2)NC1=O. The number of nitrogens with one attached hydrogen (secondary N) is 1. The molecule has 3 rings (SSSR count). The number of carbonyl (C=O) groups excluding carboxylic acids is 1. The lowest BCUT2D eigenvalue weighted by Gasteiger charge is -2.07. The van der Waals surface area contributed by atoms with Crippen LogP contribution in [-0.2, 0) is 11.2 Å². The van der Waals surface area contributed by atoms with Gasteiger partial charge in [0.15, 0.2) is 5.17 Å². The van der Waals surface area contributed by atoms with Gasteiger partial charge in [0.05, 0.1) is 17.7 Å². The molecule has 1 aromatic carbocycles. The molecule has 22 heavy (non-hydrogen) atoms. The summed E-state index contributed by atoms with van der Waals surface area (Å²) in [5.74, 6) is 0.593. The Morgan fingerprint density at radius 2 is 2.18 bits per heavy atom. The number of hydrogen-bond acceptors (Lipinski definition) is 5. The van der Waals surface area contributed by atoms with Crippen molar-refractivity contribution in [3.8, 4) is 0 Å². The van der Waals surface area contributed by atoms with E-state index in [4.69, 9.17) is 4.42 Å². The molecule has 1 aliphatic rings. The quantitative estimate of drug-likeness (QED) is 0.697. The Hall–Kier alpha value is -2.34. The van der Waals surface area contributed by atoms with E-state index in [-0.39, 0.29) is 11.2 Å². The molecule has 1 atom stereocenters. The summed E-state index contributed by atoms with van der Waals surface area (Å²) >= 11 is 1.40. The van der Waals surface area contributed by atoms with Crippen LogP contribution in [-0.4, -0.2) is 22.5 Å². The fraction of sp³-hybridized carbons (Fsp3) is 0.188. The van der Waals surface area contributed by atoms with Gasteiger partial charge in [0, 0.05) is 0 Å². The molecule has 1 fully saturated rings. The number of amidine groups is 1. The number of aryl methyl sites for hydroxylation is 1. The van der Waals surface area contributed by atoms with Crippen LogP contribution in [0.5, 0.6) is 0 Å². The largest absolute Gasteiger partial charge is 0.463 e. The third-order valence-corrected chi connectivity index (χ3v) is 4.39. The molecule has 5 nitrogen and oxygen atoms in total. The van der Waals surface area contributed by atoms with Gasteiger partial charge in [0.2, 0.25) is 5.91 Å². The van der Waals surface area contributed by atoms with E-state index in [2.05, 4.69) is 28.5 Å². The van der Waals surface area contributed by atoms with Crippen LogP contribution < -0.4 is 5.32 Å². The number of furan rings is 1. The molecule has 0 bridgehead atoms. The van der Waals surface area contributed by atoms with Crippen molar-refractivity contribution in [2.24, 2.45) is 10.2 Å². The van der Waals surface area contributed by atoms with Gasteiger partial charge in [-0.25, -0.2) is 0 Å². The maximum Gasteiger partial charge on any atom is 0.239 e. The van der Waals surface area contributed by atoms with E-state index in [0.29, 0.717) is 17.3 Å². The summed E-state index contributed by atoms with van der Waals surface area (Å²) in [7, 11) is 0. The molecule has 0 radical (unpaired) electrons. The van der Waals surface area contributed by atoms with E-state index in [1.54, 1.807) is 18.4 Å². The lowest BCUT2D eigenvalue weighted by Crippen LogP contribution is -2.26. The first kappa shape index (κ1) is 14.6. The summed E-state index contributed by atoms with van der Waals surface area (Å²) in [6, 6.07) is 11.6. The van der Waals surface area contributed by atoms with Crippen LogP contribution in [0.2, 0.25) is 0 Å². The van der Waals surface area contributed by atoms with Crippen LogP contribution in [0.4, 0.5) is 0 Å². The Kier molecular flexibility index (Phi) is 4.39. The topological polar surface area (TPSA) is 67.0 Å². The van der Waals surface area contributed by atoms with Gasteiger partial charge in [-0.2, -0.15) is 5.10 Å². The van der Waals surface area contributed by atoms with Gasteiger partial charge >= 0.3 is 0 Å². The van der Waals surface area contributed by atoms with Gasteiger partial charge in [-0.05, 0) is 36.6 Å². The van der Waals surface area contributed by atoms with Crippen molar-refractivity contribution in [2.45, 2.75) is 18.6 Å². The predicted octanol–water partition coefficient (Wildman–Crippen LogP) is 2.75. The Labute approximate surface area is 132 Å². The summed E-state index contributed by atoms with van der Waals surface area (Å²) in [4.78, 5) is 12.0. The summed E-state index contributed by atoms with van der Waals surface area (Å²) in [5.41, 5.74) is 2.37. The normalized spacial score (nSPS) is 20.0. The summed E-state index contributed by atoms with van der Waals surface area (Å²) < 4.78 is 5.12. The minimum atomic E-state index is -0.168. The van der Waals surface area contributed by atoms with Gasteiger partial charge < -0.3 is 9.73 Å². The van der Waals surface area contributed by atoms with E-state index >= 15 is 0 Å². The third kappa shape index (κ3) is 3.46. The van der Waals surface area contributed by atoms with Crippen LogP contribution in [0.15, 0.2) is 57.3 Å². The highest BCUT2D eigenvalue weighted by Crippen LogP contribution is 2.24. The number of carbonyl (C=O) groups is 1. The highest BCUT2D eigenvalue weighted by atomic mass is 32.2. The molecule has 1 aliphatic heterocycles. The number of thioether (sulfide) groups is 1. The predicted molar refractivity (Wildman–Crippen MR) is 88.1 cm³/mol. The van der Waals surface area contributed by atoms with Crippen molar-refractivity contribution in [3.63, 3.8) is 0 Å². The zero-order chi connectivity index (χ0) is 15.4. The van der Waals surface area contributed by atoms with Crippen molar-refractivity contribution in [1.29, 1.82) is 0 Å². The average Bonchev–Trinajstić information content (AvgIpc) is 3.12. The molecule has 1 aromatic heterocycles. The van der Waals surface area contributed by atoms with E-state index < -0.39 is 0 Å². The first-order valence-corrected chi connectivity index (χ1v) is 7.77. The summed E-state index contributed by atoms with van der Waals surface area (Å²) in [6.45, 7) is 2.05. The van der Waals surface area contributed by atoms with Crippen LogP contribution in [0.3, 0.4) is 0 Å². The smallest absolute Gasteiger partial charge is 0.239 e. The second-order valence-electron chi connectivity index (χ2n) is 4.89. The lowest BCUT2D eigenvalue weighted by atomic mass is 10.0. The number of rotatable bonds is 4. The Morgan fingerprint density at radius 1 is 1.32 bits per heavy atom. The number of amides is 1. The van der Waals surface area contributed by atoms with Crippen molar-refractivity contribution in [1.82, 2.24) is 5.32 Å². The first-order valence-electron chi connectivity index (χ1n) is 6.89. The molecule has 0 unspecified atom stereocenters. The molecule has 6 heteroatoms. The van der Waals surface area contributed by atoms with E-state index in [0.717, 1.165) is 0 Å². The van der Waals surface area contributed by atoms with E-state index in [1.165, 1.54) is 29.1 Å². The van der Waals surface area contributed by atoms with Crippen LogP contribution in [0.25, 0.3) is 0 Å². The number of nitrogens with zero attached hydrogens (tertiary/aromatic N) is 2. The van der Waals surface area contributed by atoms with E-state index in [9.17, 15) is 4.79 Å². The van der Waals surface area contributed by atoms with Gasteiger partial charge in [-0.15, -0.1) is 5.10 Å². The molecule has 2 aromatic rings. The number of hydrogen-bond donors (Lipinski definition) is 1. The molecule has 0 saturated carbocycles. The fourth-order valence-electron chi connectivity index (χ4n) is 2.13. The van der Waals surface area contributed by atoms with E-state index in [1.807, 2.05) is 18.2 Å². The van der Waals surface area contributed by atoms with Crippen molar-refractivity contribution in [3.05, 3.63) is 59.5 Å². The van der Waals surface area contributed by atoms with Crippen LogP contribution in [0.1, 0.15) is 16.9 Å². The average molecular weight is 313 g/mol. The Balaban J connectivity index is 1.64. The minimum Gasteiger partial charge on any atom is -0.463 e. The molecule has 0 aliphatic carbocycles. The maximum absolute atomic E-state index is 12.0. The molecule has 0 spiro atoms. The minimum absolute atomic E-state index is 0.0276. The molecular weight excluding hydrogens is 298 g/mol. The van der Waals surface area contributed by atoms with Crippen molar-refractivity contribution < 1.29 is 9.21 Å². The van der Waals surface area contributed by atoms with Crippen LogP contribution in [0, 0.1) is 6.92 Å². The fourth-order valence-corrected chi connectivity index (χ4v) is 3.08. The summed E-state index contributed by atoms with van der Waals surface area (Å²) in [6.07, 6.45) is 3.76. The van der Waals surface area contributed by atoms with Gasteiger partial charge in [-0.1, -0.05) is 36.0 Å². The molecule has 112 valence electrons. The second kappa shape index (κ2) is 6.62. The Bertz CT molecular complexity index is 723. The standard InChI is InChI=1S/C16H15N3O2S/c1-11-5-2-3-6-12(11)9-14-15(20)18-16(22-14)19-17-10-13-7-4-8-21-13/h2-8,10,14H,9H2,1H3,(H,18,19,20)/b17-10-/t14-/m1/s1. The molecule has 1 saturated heterocycles. The molecule has 2 heterocycles. The third-order valence-electron chi connectivity index (χ3n) is 3.32. The molecule has 1 amide bonds. The zero-order valence-electron chi connectivity index (χ0n) is 12.0. The van der Waals surface area contributed by atoms with Gasteiger partial charge in [0.1, 0.15) is 5.76 Å². The molecular formula is C16H15N3O2S. The van der Waals surface area contributed by atoms with Crippen molar-refractivity contribution in [2.75, 3.05) is 0 Å². The van der Waals surface area contributed by atoms with Gasteiger partial charge in [0.25, 0.3) is 0 Å². The Morgan fingerprint density at radius 3 is 2.95 bits per heavy atom.